The second-order valence-electron chi connectivity index (χ2n) is 4.63. The Morgan fingerprint density at radius 2 is 2.00 bits per heavy atom. The van der Waals surface area contributed by atoms with E-state index in [9.17, 15) is 9.90 Å². The normalized spacial score (nSPS) is 12.8. The predicted octanol–water partition coefficient (Wildman–Crippen LogP) is 1.78. The maximum Gasteiger partial charge on any atom is 0.320 e. The number of carbonyl (C=O) groups is 1. The van der Waals surface area contributed by atoms with Crippen LogP contribution < -0.4 is 5.73 Å². The summed E-state index contributed by atoms with van der Waals surface area (Å²) in [6, 6.07) is 2.41. The first-order valence-electron chi connectivity index (χ1n) is 5.63. The van der Waals surface area contributed by atoms with Crippen molar-refractivity contribution >= 4 is 5.97 Å². The smallest absolute Gasteiger partial charge is 0.320 e. The van der Waals surface area contributed by atoms with Gasteiger partial charge in [-0.3, -0.25) is 4.79 Å². The van der Waals surface area contributed by atoms with E-state index in [2.05, 4.69) is 0 Å². The largest absolute Gasteiger partial charge is 0.508 e. The van der Waals surface area contributed by atoms with Gasteiger partial charge in [0.05, 0.1) is 0 Å². The molecule has 0 amide bonds. The van der Waals surface area contributed by atoms with Crippen LogP contribution in [0.4, 0.5) is 0 Å². The molecule has 0 aliphatic heterocycles. The molecule has 0 saturated heterocycles. The molecule has 1 atom stereocenters. The summed E-state index contributed by atoms with van der Waals surface area (Å²) in [4.78, 5) is 10.8. The Balaban J connectivity index is 3.17. The number of carboxylic acid groups (broad SMARTS) is 1. The highest BCUT2D eigenvalue weighted by Crippen LogP contribution is 2.28. The molecule has 1 rings (SSSR count). The molecule has 0 saturated carbocycles. The summed E-state index contributed by atoms with van der Waals surface area (Å²) in [6.07, 6.45) is 0.287. The van der Waals surface area contributed by atoms with E-state index in [1.165, 1.54) is 0 Å². The third-order valence-electron chi connectivity index (χ3n) is 2.86. The fraction of sp³-hybridized carbons (Fsp3) is 0.462. The van der Waals surface area contributed by atoms with Crippen molar-refractivity contribution in [3.05, 3.63) is 28.8 Å². The van der Waals surface area contributed by atoms with E-state index in [1.54, 1.807) is 12.1 Å². The molecule has 0 aliphatic carbocycles. The van der Waals surface area contributed by atoms with E-state index in [-0.39, 0.29) is 18.1 Å². The van der Waals surface area contributed by atoms with Crippen LogP contribution in [0.2, 0.25) is 0 Å². The standard InChI is InChI=1S/C13H19NO3/c1-7(2)10-5-9(15)4-8(3)11(10)6-12(14)13(16)17/h4-5,7,12,15H,6,14H2,1-3H3,(H,16,17). The van der Waals surface area contributed by atoms with E-state index in [1.807, 2.05) is 20.8 Å². The third kappa shape index (κ3) is 3.20. The Morgan fingerprint density at radius 3 is 2.47 bits per heavy atom. The van der Waals surface area contributed by atoms with Gasteiger partial charge in [-0.1, -0.05) is 13.8 Å². The summed E-state index contributed by atoms with van der Waals surface area (Å²) in [6.45, 7) is 5.86. The van der Waals surface area contributed by atoms with Crippen molar-refractivity contribution in [1.29, 1.82) is 0 Å². The Bertz CT molecular complexity index is 427. The van der Waals surface area contributed by atoms with Crippen LogP contribution in [0.1, 0.15) is 36.5 Å². The molecule has 0 aromatic heterocycles. The summed E-state index contributed by atoms with van der Waals surface area (Å²) < 4.78 is 0. The summed E-state index contributed by atoms with van der Waals surface area (Å²) in [5.74, 6) is -0.581. The number of hydrogen-bond acceptors (Lipinski definition) is 3. The summed E-state index contributed by atoms with van der Waals surface area (Å²) in [5.41, 5.74) is 8.32. The van der Waals surface area contributed by atoms with Crippen molar-refractivity contribution in [3.63, 3.8) is 0 Å². The summed E-state index contributed by atoms with van der Waals surface area (Å²) in [7, 11) is 0. The van der Waals surface area contributed by atoms with E-state index >= 15 is 0 Å². The highest BCUT2D eigenvalue weighted by molar-refractivity contribution is 5.73. The molecule has 1 aromatic rings. The summed E-state index contributed by atoms with van der Waals surface area (Å²) in [5, 5.41) is 18.4. The number of nitrogens with two attached hydrogens (primary N) is 1. The van der Waals surface area contributed by atoms with Crippen LogP contribution in [0.25, 0.3) is 0 Å². The molecule has 0 bridgehead atoms. The van der Waals surface area contributed by atoms with Gasteiger partial charge in [0, 0.05) is 0 Å². The van der Waals surface area contributed by atoms with Crippen LogP contribution in [0.15, 0.2) is 12.1 Å². The second-order valence-corrected chi connectivity index (χ2v) is 4.63. The van der Waals surface area contributed by atoms with Crippen LogP contribution in [0.3, 0.4) is 0 Å². The average Bonchev–Trinajstić information content (AvgIpc) is 2.20. The lowest BCUT2D eigenvalue weighted by atomic mass is 9.89. The molecule has 1 aromatic carbocycles. The van der Waals surface area contributed by atoms with Gasteiger partial charge >= 0.3 is 5.97 Å². The lowest BCUT2D eigenvalue weighted by Crippen LogP contribution is -2.33. The molecule has 1 unspecified atom stereocenters. The van der Waals surface area contributed by atoms with Crippen molar-refractivity contribution in [2.24, 2.45) is 5.73 Å². The third-order valence-corrected chi connectivity index (χ3v) is 2.86. The topological polar surface area (TPSA) is 83.5 Å². The molecule has 0 radical (unpaired) electrons. The second kappa shape index (κ2) is 5.19. The van der Waals surface area contributed by atoms with Gasteiger partial charge in [0.2, 0.25) is 0 Å². The minimum Gasteiger partial charge on any atom is -0.508 e. The number of aromatic hydroxyl groups is 1. The van der Waals surface area contributed by atoms with E-state index in [4.69, 9.17) is 10.8 Å². The van der Waals surface area contributed by atoms with Gasteiger partial charge in [-0.2, -0.15) is 0 Å². The number of rotatable bonds is 4. The lowest BCUT2D eigenvalue weighted by Gasteiger charge is -2.18. The minimum absolute atomic E-state index is 0.207. The van der Waals surface area contributed by atoms with E-state index < -0.39 is 12.0 Å². The van der Waals surface area contributed by atoms with Gasteiger partial charge in [-0.25, -0.2) is 0 Å². The van der Waals surface area contributed by atoms with Crippen molar-refractivity contribution in [2.75, 3.05) is 0 Å². The molecule has 4 N–H and O–H groups in total. The van der Waals surface area contributed by atoms with E-state index in [0.717, 1.165) is 16.7 Å². The Hall–Kier alpha value is -1.55. The number of carboxylic acids is 1. The first kappa shape index (κ1) is 13.5. The quantitative estimate of drug-likeness (QED) is 0.745. The highest BCUT2D eigenvalue weighted by Gasteiger charge is 2.18. The minimum atomic E-state index is -1.01. The fourth-order valence-corrected chi connectivity index (χ4v) is 1.93. The van der Waals surface area contributed by atoms with Crippen molar-refractivity contribution in [1.82, 2.24) is 0 Å². The van der Waals surface area contributed by atoms with Crippen LogP contribution in [-0.2, 0) is 11.2 Å². The number of phenolic OH excluding ortho intramolecular Hbond substituents is 1. The molecule has 0 spiro atoms. The first-order valence-corrected chi connectivity index (χ1v) is 5.63. The maximum absolute atomic E-state index is 10.8. The Morgan fingerprint density at radius 1 is 1.41 bits per heavy atom. The Labute approximate surface area is 101 Å². The zero-order chi connectivity index (χ0) is 13.2. The molecule has 17 heavy (non-hydrogen) atoms. The molecule has 0 aliphatic rings. The van der Waals surface area contributed by atoms with Crippen molar-refractivity contribution in [3.8, 4) is 5.75 Å². The van der Waals surface area contributed by atoms with Gasteiger partial charge < -0.3 is 15.9 Å². The molecular weight excluding hydrogens is 218 g/mol. The predicted molar refractivity (Wildman–Crippen MR) is 66.2 cm³/mol. The van der Waals surface area contributed by atoms with E-state index in [0.29, 0.717) is 0 Å². The zero-order valence-corrected chi connectivity index (χ0v) is 10.4. The van der Waals surface area contributed by atoms with Crippen LogP contribution in [0, 0.1) is 6.92 Å². The highest BCUT2D eigenvalue weighted by atomic mass is 16.4. The SMILES string of the molecule is Cc1cc(O)cc(C(C)C)c1CC(N)C(=O)O. The molecule has 4 nitrogen and oxygen atoms in total. The number of aryl methyl sites for hydroxylation is 1. The molecule has 0 fully saturated rings. The van der Waals surface area contributed by atoms with Crippen LogP contribution >= 0.6 is 0 Å². The fourth-order valence-electron chi connectivity index (χ4n) is 1.93. The first-order chi connectivity index (χ1) is 7.82. The van der Waals surface area contributed by atoms with Crippen LogP contribution in [0.5, 0.6) is 5.75 Å². The van der Waals surface area contributed by atoms with Crippen molar-refractivity contribution in [2.45, 2.75) is 39.2 Å². The van der Waals surface area contributed by atoms with Gasteiger partial charge in [0.25, 0.3) is 0 Å². The lowest BCUT2D eigenvalue weighted by molar-refractivity contribution is -0.138. The van der Waals surface area contributed by atoms with Crippen LogP contribution in [-0.4, -0.2) is 22.2 Å². The number of benzene rings is 1. The zero-order valence-electron chi connectivity index (χ0n) is 10.4. The number of phenols is 1. The van der Waals surface area contributed by atoms with Gasteiger partial charge in [0.1, 0.15) is 11.8 Å². The summed E-state index contributed by atoms with van der Waals surface area (Å²) >= 11 is 0. The van der Waals surface area contributed by atoms with Gasteiger partial charge in [-0.05, 0) is 48.1 Å². The van der Waals surface area contributed by atoms with Gasteiger partial charge in [0.15, 0.2) is 0 Å². The van der Waals surface area contributed by atoms with Crippen molar-refractivity contribution < 1.29 is 15.0 Å². The molecule has 0 heterocycles. The number of aliphatic carboxylic acids is 1. The average molecular weight is 237 g/mol. The Kier molecular flexibility index (Phi) is 4.12. The maximum atomic E-state index is 10.8. The molecular formula is C13H19NO3. The van der Waals surface area contributed by atoms with Gasteiger partial charge in [-0.15, -0.1) is 0 Å². The monoisotopic (exact) mass is 237 g/mol. The number of hydrogen-bond donors (Lipinski definition) is 3. The molecule has 94 valence electrons. The molecule has 4 heteroatoms.